The highest BCUT2D eigenvalue weighted by molar-refractivity contribution is 5.17. The van der Waals surface area contributed by atoms with Gasteiger partial charge in [-0.25, -0.2) is 0 Å². The summed E-state index contributed by atoms with van der Waals surface area (Å²) >= 11 is 0. The predicted octanol–water partition coefficient (Wildman–Crippen LogP) is 4.75. The molecule has 2 heterocycles. The third-order valence-electron chi connectivity index (χ3n) is 4.83. The van der Waals surface area contributed by atoms with E-state index < -0.39 is 0 Å². The molecule has 0 aromatic carbocycles. The average molecular weight is 336 g/mol. The van der Waals surface area contributed by atoms with Crippen LogP contribution in [0.25, 0.3) is 0 Å². The maximum atomic E-state index is 9.14. The molecule has 1 saturated heterocycles. The summed E-state index contributed by atoms with van der Waals surface area (Å²) in [4.78, 5) is 13.3. The van der Waals surface area contributed by atoms with Crippen molar-refractivity contribution in [3.63, 3.8) is 0 Å². The zero-order valence-corrected chi connectivity index (χ0v) is 15.1. The number of aromatic nitrogens is 2. The van der Waals surface area contributed by atoms with Gasteiger partial charge in [0, 0.05) is 12.0 Å². The molecule has 1 aromatic heterocycles. The van der Waals surface area contributed by atoms with Crippen LogP contribution in [-0.4, -0.2) is 22.8 Å². The van der Waals surface area contributed by atoms with Gasteiger partial charge in [-0.05, 0) is 52.1 Å². The summed E-state index contributed by atoms with van der Waals surface area (Å²) in [5.41, 5.74) is 2.63. The molecule has 6 heteroatoms. The fourth-order valence-corrected chi connectivity index (χ4v) is 3.53. The maximum absolute atomic E-state index is 9.14. The topological polar surface area (TPSA) is 79.4 Å². The fraction of sp³-hybridized carbons (Fsp3) is 0.833. The van der Waals surface area contributed by atoms with Crippen molar-refractivity contribution >= 4 is 0 Å². The second-order valence-corrected chi connectivity index (χ2v) is 7.17. The van der Waals surface area contributed by atoms with E-state index in [-0.39, 0.29) is 6.10 Å². The van der Waals surface area contributed by atoms with Crippen LogP contribution in [0.15, 0.2) is 11.4 Å². The highest BCUT2D eigenvalue weighted by Crippen LogP contribution is 2.31. The molecule has 0 amide bonds. The van der Waals surface area contributed by atoms with Crippen LogP contribution in [-0.2, 0) is 4.84 Å². The van der Waals surface area contributed by atoms with Crippen molar-refractivity contribution < 1.29 is 4.84 Å². The van der Waals surface area contributed by atoms with E-state index in [1.165, 1.54) is 69.2 Å². The Morgan fingerprint density at radius 1 is 1.12 bits per heavy atom. The Kier molecular flexibility index (Phi) is 8.22. The fourth-order valence-electron chi connectivity index (χ4n) is 3.53. The molecule has 0 radical (unpaired) electrons. The number of hydrogen-bond donors (Lipinski definition) is 2. The van der Waals surface area contributed by atoms with Gasteiger partial charge >= 0.3 is 0 Å². The Bertz CT molecular complexity index is 461. The Hall–Kier alpha value is -1.43. The zero-order chi connectivity index (χ0) is 17.2. The molecule has 136 valence electrons. The molecule has 1 aliphatic heterocycles. The lowest BCUT2D eigenvalue weighted by Gasteiger charge is -2.17. The molecule has 0 bridgehead atoms. The van der Waals surface area contributed by atoms with E-state index in [1.807, 2.05) is 0 Å². The van der Waals surface area contributed by atoms with Gasteiger partial charge in [-0.1, -0.05) is 32.1 Å². The van der Waals surface area contributed by atoms with Crippen LogP contribution in [0.5, 0.6) is 0 Å². The molecule has 6 nitrogen and oxygen atoms in total. The van der Waals surface area contributed by atoms with Crippen LogP contribution in [0.2, 0.25) is 0 Å². The molecule has 2 fully saturated rings. The molecular weight excluding hydrogens is 304 g/mol. The first kappa shape index (κ1) is 18.9. The summed E-state index contributed by atoms with van der Waals surface area (Å²) in [7, 11) is 0. The molecule has 1 unspecified atom stereocenters. The minimum Gasteiger partial charge on any atom is -0.361 e. The highest BCUT2D eigenvalue weighted by Gasteiger charge is 2.21. The number of rotatable bonds is 4. The number of aromatic amines is 1. The molecule has 1 saturated carbocycles. The second kappa shape index (κ2) is 10.4. The molecule has 2 aliphatic rings. The van der Waals surface area contributed by atoms with Crippen LogP contribution < -0.4 is 5.32 Å². The molecule has 24 heavy (non-hydrogen) atoms. The van der Waals surface area contributed by atoms with Crippen molar-refractivity contribution in [3.8, 4) is 0 Å². The Morgan fingerprint density at radius 2 is 1.83 bits per heavy atom. The lowest BCUT2D eigenvalue weighted by atomic mass is 9.89. The molecule has 3 rings (SSSR count). The lowest BCUT2D eigenvalue weighted by molar-refractivity contribution is 0.0819. The quantitative estimate of drug-likeness (QED) is 0.614. The van der Waals surface area contributed by atoms with Gasteiger partial charge in [-0.15, -0.1) is 4.91 Å². The van der Waals surface area contributed by atoms with Gasteiger partial charge in [-0.3, -0.25) is 5.10 Å². The van der Waals surface area contributed by atoms with E-state index in [0.717, 1.165) is 6.54 Å². The van der Waals surface area contributed by atoms with Gasteiger partial charge < -0.3 is 10.2 Å². The minimum absolute atomic E-state index is 0.0810. The van der Waals surface area contributed by atoms with E-state index in [2.05, 4.69) is 31.8 Å². The monoisotopic (exact) mass is 336 g/mol. The molecule has 1 atom stereocenters. The van der Waals surface area contributed by atoms with Gasteiger partial charge in [0.05, 0.1) is 11.4 Å². The highest BCUT2D eigenvalue weighted by atomic mass is 16.7. The van der Waals surface area contributed by atoms with Crippen molar-refractivity contribution in [2.45, 2.75) is 89.7 Å². The summed E-state index contributed by atoms with van der Waals surface area (Å²) in [5.74, 6) is 0.705. The van der Waals surface area contributed by atoms with Crippen LogP contribution in [0.4, 0.5) is 0 Å². The summed E-state index contributed by atoms with van der Waals surface area (Å²) in [6.07, 6.45) is 12.2. The van der Waals surface area contributed by atoms with Gasteiger partial charge in [-0.2, -0.15) is 5.10 Å². The summed E-state index contributed by atoms with van der Waals surface area (Å²) in [6, 6.07) is 2.86. The third kappa shape index (κ3) is 6.23. The van der Waals surface area contributed by atoms with Crippen molar-refractivity contribution in [2.24, 2.45) is 5.34 Å². The molecule has 1 aromatic rings. The molecule has 1 aliphatic carbocycles. The summed E-state index contributed by atoms with van der Waals surface area (Å²) in [6.45, 7) is 4.63. The van der Waals surface area contributed by atoms with Crippen molar-refractivity contribution in [3.05, 3.63) is 22.4 Å². The molecule has 2 N–H and O–H groups in total. The van der Waals surface area contributed by atoms with Crippen molar-refractivity contribution in [1.29, 1.82) is 0 Å². The van der Waals surface area contributed by atoms with Gasteiger partial charge in [0.25, 0.3) is 0 Å². The van der Waals surface area contributed by atoms with Gasteiger partial charge in [0.15, 0.2) is 5.34 Å². The number of nitrogens with zero attached hydrogens (tertiary/aromatic N) is 2. The Labute approximate surface area is 145 Å². The van der Waals surface area contributed by atoms with Crippen molar-refractivity contribution in [2.75, 3.05) is 6.54 Å². The standard InChI is InChI=1S/C15H25N3.C3H7NO2/c1-2-4-7-12(8-5-3-1)14-11-15(18-17-14)13-9-6-10-16-13;1-3(2)6-4-5/h11-13,16H,1-10H2,(H,17,18);3H,1-2H3. The second-order valence-electron chi connectivity index (χ2n) is 7.17. The number of hydrogen-bond acceptors (Lipinski definition) is 5. The van der Waals surface area contributed by atoms with E-state index in [1.54, 1.807) is 13.8 Å². The number of H-pyrrole nitrogens is 1. The SMILES string of the molecule is CC(C)ON=O.c1c(C2CCCCCCC2)n[nH]c1C1CCCN1. The lowest BCUT2D eigenvalue weighted by Crippen LogP contribution is -2.13. The number of nitrogens with one attached hydrogen (secondary N) is 2. The first-order valence-corrected chi connectivity index (χ1v) is 9.47. The van der Waals surface area contributed by atoms with E-state index in [9.17, 15) is 0 Å². The largest absolute Gasteiger partial charge is 0.361 e. The zero-order valence-electron chi connectivity index (χ0n) is 15.1. The molecule has 0 spiro atoms. The van der Waals surface area contributed by atoms with Crippen molar-refractivity contribution in [1.82, 2.24) is 15.5 Å². The summed E-state index contributed by atoms with van der Waals surface area (Å²) in [5, 5.41) is 13.6. The van der Waals surface area contributed by atoms with Crippen LogP contribution in [0.3, 0.4) is 0 Å². The van der Waals surface area contributed by atoms with Crippen LogP contribution >= 0.6 is 0 Å². The maximum Gasteiger partial charge on any atom is 0.155 e. The van der Waals surface area contributed by atoms with E-state index >= 15 is 0 Å². The Balaban J connectivity index is 0.000000301. The minimum atomic E-state index is -0.0810. The van der Waals surface area contributed by atoms with Gasteiger partial charge in [0.1, 0.15) is 6.10 Å². The van der Waals surface area contributed by atoms with Crippen LogP contribution in [0, 0.1) is 4.91 Å². The third-order valence-corrected chi connectivity index (χ3v) is 4.83. The van der Waals surface area contributed by atoms with Crippen LogP contribution in [0.1, 0.15) is 95.0 Å². The Morgan fingerprint density at radius 3 is 2.38 bits per heavy atom. The van der Waals surface area contributed by atoms with Gasteiger partial charge in [0.2, 0.25) is 0 Å². The predicted molar refractivity (Wildman–Crippen MR) is 95.6 cm³/mol. The first-order chi connectivity index (χ1) is 11.7. The average Bonchev–Trinajstić information content (AvgIpc) is 3.18. The normalized spacial score (nSPS) is 22.4. The first-order valence-electron chi connectivity index (χ1n) is 9.47. The summed E-state index contributed by atoms with van der Waals surface area (Å²) < 4.78 is 0. The van der Waals surface area contributed by atoms with E-state index in [0.29, 0.717) is 12.0 Å². The molecular formula is C18H32N4O2. The smallest absolute Gasteiger partial charge is 0.155 e. The van der Waals surface area contributed by atoms with E-state index in [4.69, 9.17) is 4.91 Å².